The van der Waals surface area contributed by atoms with Crippen LogP contribution in [0.5, 0.6) is 5.75 Å². The molecule has 0 heterocycles. The predicted octanol–water partition coefficient (Wildman–Crippen LogP) is 4.08. The van der Waals surface area contributed by atoms with Crippen LogP contribution in [-0.4, -0.2) is 7.11 Å². The van der Waals surface area contributed by atoms with Gasteiger partial charge in [0.05, 0.1) is 7.11 Å². The summed E-state index contributed by atoms with van der Waals surface area (Å²) in [7, 11) is 1.69. The smallest absolute Gasteiger partial charge is 0.126 e. The number of halogens is 1. The minimum absolute atomic E-state index is 0.229. The van der Waals surface area contributed by atoms with Crippen LogP contribution < -0.4 is 10.5 Å². The Kier molecular flexibility index (Phi) is 3.88. The van der Waals surface area contributed by atoms with Gasteiger partial charge in [0, 0.05) is 16.1 Å². The molecule has 0 unspecified atom stereocenters. The highest BCUT2D eigenvalue weighted by atomic mass is 35.5. The molecule has 1 aliphatic carbocycles. The van der Waals surface area contributed by atoms with E-state index in [0.717, 1.165) is 40.3 Å². The van der Waals surface area contributed by atoms with Crippen LogP contribution in [0.4, 0.5) is 0 Å². The van der Waals surface area contributed by atoms with Gasteiger partial charge in [-0.05, 0) is 43.9 Å². The van der Waals surface area contributed by atoms with Crippen LogP contribution in [-0.2, 0) is 5.54 Å². The summed E-state index contributed by atoms with van der Waals surface area (Å²) in [5.41, 5.74) is 9.68. The zero-order chi connectivity index (χ0) is 13.3. The zero-order valence-electron chi connectivity index (χ0n) is 11.5. The van der Waals surface area contributed by atoms with E-state index in [1.165, 1.54) is 19.3 Å². The molecular formula is C15H22ClNO. The van der Waals surface area contributed by atoms with Crippen molar-refractivity contribution in [1.82, 2.24) is 0 Å². The lowest BCUT2D eigenvalue weighted by Gasteiger charge is -2.36. The van der Waals surface area contributed by atoms with E-state index in [-0.39, 0.29) is 5.54 Å². The fourth-order valence-electron chi connectivity index (χ4n) is 3.13. The summed E-state index contributed by atoms with van der Waals surface area (Å²) in [6.45, 7) is 4.07. The number of hydrogen-bond donors (Lipinski definition) is 1. The Hall–Kier alpha value is -0.730. The topological polar surface area (TPSA) is 35.2 Å². The largest absolute Gasteiger partial charge is 0.496 e. The monoisotopic (exact) mass is 267 g/mol. The quantitative estimate of drug-likeness (QED) is 0.876. The summed E-state index contributed by atoms with van der Waals surface area (Å²) in [6.07, 6.45) is 5.76. The minimum Gasteiger partial charge on any atom is -0.496 e. The van der Waals surface area contributed by atoms with Crippen LogP contribution in [0.2, 0.25) is 5.02 Å². The van der Waals surface area contributed by atoms with E-state index in [1.54, 1.807) is 7.11 Å². The molecule has 0 spiro atoms. The SMILES string of the molecule is COc1c(C)c(Cl)cc(C2(N)CCCCC2)c1C. The highest BCUT2D eigenvalue weighted by Gasteiger charge is 2.32. The first-order chi connectivity index (χ1) is 8.49. The fraction of sp³-hybridized carbons (Fsp3) is 0.600. The van der Waals surface area contributed by atoms with Gasteiger partial charge < -0.3 is 10.5 Å². The number of hydrogen-bond acceptors (Lipinski definition) is 2. The highest BCUT2D eigenvalue weighted by molar-refractivity contribution is 6.31. The molecule has 0 aromatic heterocycles. The van der Waals surface area contributed by atoms with Gasteiger partial charge in [-0.15, -0.1) is 0 Å². The molecule has 0 bridgehead atoms. The van der Waals surface area contributed by atoms with E-state index in [0.29, 0.717) is 0 Å². The summed E-state index contributed by atoms with van der Waals surface area (Å²) in [5, 5.41) is 0.753. The Morgan fingerprint density at radius 2 is 1.78 bits per heavy atom. The summed E-state index contributed by atoms with van der Waals surface area (Å²) in [5.74, 6) is 0.882. The highest BCUT2D eigenvalue weighted by Crippen LogP contribution is 2.41. The van der Waals surface area contributed by atoms with Gasteiger partial charge in [0.2, 0.25) is 0 Å². The maximum absolute atomic E-state index is 6.61. The van der Waals surface area contributed by atoms with Crippen molar-refractivity contribution in [1.29, 1.82) is 0 Å². The first kappa shape index (κ1) is 13.7. The van der Waals surface area contributed by atoms with Crippen molar-refractivity contribution in [3.8, 4) is 5.75 Å². The molecular weight excluding hydrogens is 246 g/mol. The van der Waals surface area contributed by atoms with Gasteiger partial charge in [-0.2, -0.15) is 0 Å². The molecule has 0 atom stereocenters. The minimum atomic E-state index is -0.229. The van der Waals surface area contributed by atoms with E-state index >= 15 is 0 Å². The van der Waals surface area contributed by atoms with Crippen molar-refractivity contribution < 1.29 is 4.74 Å². The molecule has 1 aromatic rings. The van der Waals surface area contributed by atoms with Crippen molar-refractivity contribution >= 4 is 11.6 Å². The van der Waals surface area contributed by atoms with E-state index in [1.807, 2.05) is 13.0 Å². The van der Waals surface area contributed by atoms with Crippen LogP contribution in [0.1, 0.15) is 48.8 Å². The van der Waals surface area contributed by atoms with Gasteiger partial charge in [-0.3, -0.25) is 0 Å². The van der Waals surface area contributed by atoms with Crippen molar-refractivity contribution in [2.75, 3.05) is 7.11 Å². The van der Waals surface area contributed by atoms with Gasteiger partial charge in [0.15, 0.2) is 0 Å². The average Bonchev–Trinajstić information content (AvgIpc) is 2.35. The van der Waals surface area contributed by atoms with Crippen LogP contribution in [0.3, 0.4) is 0 Å². The second kappa shape index (κ2) is 5.10. The van der Waals surface area contributed by atoms with E-state index in [2.05, 4.69) is 6.92 Å². The summed E-state index contributed by atoms with van der Waals surface area (Å²) in [4.78, 5) is 0. The van der Waals surface area contributed by atoms with Crippen LogP contribution in [0.15, 0.2) is 6.07 Å². The number of nitrogens with two attached hydrogens (primary N) is 1. The van der Waals surface area contributed by atoms with Gasteiger partial charge in [0.1, 0.15) is 5.75 Å². The molecule has 0 amide bonds. The average molecular weight is 268 g/mol. The number of benzene rings is 1. The third-order valence-corrected chi connectivity index (χ3v) is 4.59. The normalized spacial score (nSPS) is 18.7. The van der Waals surface area contributed by atoms with Crippen molar-refractivity contribution in [3.63, 3.8) is 0 Å². The van der Waals surface area contributed by atoms with Gasteiger partial charge in [0.25, 0.3) is 0 Å². The summed E-state index contributed by atoms with van der Waals surface area (Å²) in [6, 6.07) is 2.04. The fourth-order valence-corrected chi connectivity index (χ4v) is 3.33. The van der Waals surface area contributed by atoms with E-state index in [4.69, 9.17) is 22.1 Å². The maximum Gasteiger partial charge on any atom is 0.126 e. The molecule has 2 nitrogen and oxygen atoms in total. The lowest BCUT2D eigenvalue weighted by Crippen LogP contribution is -2.39. The Morgan fingerprint density at radius 3 is 2.33 bits per heavy atom. The number of methoxy groups -OCH3 is 1. The Labute approximate surface area is 114 Å². The van der Waals surface area contributed by atoms with E-state index < -0.39 is 0 Å². The standard InChI is InChI=1S/C15H22ClNO/c1-10-12(15(17)7-5-4-6-8-15)9-13(16)11(2)14(10)18-3/h9H,4-8,17H2,1-3H3. The van der Waals surface area contributed by atoms with Crippen LogP contribution >= 0.6 is 11.6 Å². The van der Waals surface area contributed by atoms with Gasteiger partial charge in [-0.1, -0.05) is 30.9 Å². The molecule has 1 aliphatic rings. The van der Waals surface area contributed by atoms with Gasteiger partial charge >= 0.3 is 0 Å². The number of ether oxygens (including phenoxy) is 1. The van der Waals surface area contributed by atoms with Crippen LogP contribution in [0, 0.1) is 13.8 Å². The van der Waals surface area contributed by atoms with Crippen molar-refractivity contribution in [2.24, 2.45) is 5.73 Å². The molecule has 18 heavy (non-hydrogen) atoms. The molecule has 1 saturated carbocycles. The van der Waals surface area contributed by atoms with Crippen molar-refractivity contribution in [2.45, 2.75) is 51.5 Å². The number of rotatable bonds is 2. The zero-order valence-corrected chi connectivity index (χ0v) is 12.2. The Morgan fingerprint density at radius 1 is 1.17 bits per heavy atom. The first-order valence-corrected chi connectivity index (χ1v) is 7.00. The first-order valence-electron chi connectivity index (χ1n) is 6.62. The molecule has 2 rings (SSSR count). The Bertz CT molecular complexity index is 450. The lowest BCUT2D eigenvalue weighted by molar-refractivity contribution is 0.299. The van der Waals surface area contributed by atoms with Gasteiger partial charge in [-0.25, -0.2) is 0 Å². The van der Waals surface area contributed by atoms with Crippen LogP contribution in [0.25, 0.3) is 0 Å². The molecule has 3 heteroatoms. The van der Waals surface area contributed by atoms with Crippen molar-refractivity contribution in [3.05, 3.63) is 27.8 Å². The molecule has 0 aliphatic heterocycles. The molecule has 0 saturated heterocycles. The molecule has 1 fully saturated rings. The van der Waals surface area contributed by atoms with E-state index in [9.17, 15) is 0 Å². The third-order valence-electron chi connectivity index (χ3n) is 4.20. The maximum atomic E-state index is 6.61. The molecule has 0 radical (unpaired) electrons. The summed E-state index contributed by atoms with van der Waals surface area (Å²) < 4.78 is 5.49. The third kappa shape index (κ3) is 2.24. The summed E-state index contributed by atoms with van der Waals surface area (Å²) >= 11 is 6.32. The molecule has 2 N–H and O–H groups in total. The second-order valence-corrected chi connectivity index (χ2v) is 5.81. The predicted molar refractivity (Wildman–Crippen MR) is 76.4 cm³/mol. The lowest BCUT2D eigenvalue weighted by atomic mass is 9.75. The second-order valence-electron chi connectivity index (χ2n) is 5.41. The molecule has 100 valence electrons. The molecule has 1 aromatic carbocycles. The Balaban J connectivity index is 2.53.